The van der Waals surface area contributed by atoms with Gasteiger partial charge in [-0.25, -0.2) is 0 Å². The van der Waals surface area contributed by atoms with Crippen molar-refractivity contribution in [2.75, 3.05) is 5.32 Å². The Morgan fingerprint density at radius 1 is 1.36 bits per heavy atom. The summed E-state index contributed by atoms with van der Waals surface area (Å²) in [6.07, 6.45) is 1.53. The second-order valence-electron chi connectivity index (χ2n) is 4.98. The van der Waals surface area contributed by atoms with Crippen LogP contribution in [0, 0.1) is 18.3 Å². The van der Waals surface area contributed by atoms with E-state index in [9.17, 15) is 5.26 Å². The van der Waals surface area contributed by atoms with Crippen LogP contribution in [0.5, 0.6) is 0 Å². The van der Waals surface area contributed by atoms with Crippen molar-refractivity contribution < 1.29 is 0 Å². The van der Waals surface area contributed by atoms with Crippen molar-refractivity contribution in [3.05, 3.63) is 42.1 Å². The third-order valence-corrected chi connectivity index (χ3v) is 4.29. The first-order valence-corrected chi connectivity index (χ1v) is 7.96. The lowest BCUT2D eigenvalue weighted by Crippen LogP contribution is -1.93. The van der Waals surface area contributed by atoms with Gasteiger partial charge in [0.25, 0.3) is 0 Å². The minimum absolute atomic E-state index is 0.232. The molecule has 0 saturated carbocycles. The Labute approximate surface area is 144 Å². The number of allylic oxidation sites excluding steroid dienone is 1. The summed E-state index contributed by atoms with van der Waals surface area (Å²) in [5.41, 5.74) is 2.01. The molecule has 0 radical (unpaired) electrons. The lowest BCUT2D eigenvalue weighted by molar-refractivity contribution is 0.881. The second-order valence-corrected chi connectivity index (χ2v) is 5.94. The molecule has 0 atom stereocenters. The molecule has 4 rings (SSSR count). The van der Waals surface area contributed by atoms with Crippen LogP contribution >= 0.6 is 11.3 Å². The zero-order chi connectivity index (χ0) is 17.2. The number of hydrogen-bond acceptors (Lipinski definition) is 9. The van der Waals surface area contributed by atoms with E-state index in [0.717, 1.165) is 27.0 Å². The highest BCUT2D eigenvalue weighted by Gasteiger charge is 2.11. The van der Waals surface area contributed by atoms with Crippen LogP contribution in [-0.4, -0.2) is 40.4 Å². The Kier molecular flexibility index (Phi) is 3.64. The van der Waals surface area contributed by atoms with Crippen LogP contribution in [-0.2, 0) is 0 Å². The van der Waals surface area contributed by atoms with Crippen LogP contribution in [0.2, 0.25) is 0 Å². The number of nitrogens with one attached hydrogen (secondary N) is 2. The maximum Gasteiger partial charge on any atom is 0.234 e. The highest BCUT2D eigenvalue weighted by Crippen LogP contribution is 2.27. The Morgan fingerprint density at radius 2 is 2.28 bits per heavy atom. The average Bonchev–Trinajstić information content (AvgIpc) is 3.35. The smallest absolute Gasteiger partial charge is 0.234 e. The molecule has 0 aliphatic heterocycles. The van der Waals surface area contributed by atoms with Crippen LogP contribution in [0.15, 0.2) is 30.5 Å². The average molecular weight is 350 g/mol. The maximum atomic E-state index is 9.19. The van der Waals surface area contributed by atoms with E-state index in [1.807, 2.05) is 37.3 Å². The van der Waals surface area contributed by atoms with Gasteiger partial charge in [-0.2, -0.15) is 20.1 Å². The van der Waals surface area contributed by atoms with E-state index in [1.54, 1.807) is 4.52 Å². The van der Waals surface area contributed by atoms with Crippen molar-refractivity contribution in [1.82, 2.24) is 40.4 Å². The predicted octanol–water partition coefficient (Wildman–Crippen LogP) is 1.65. The summed E-state index contributed by atoms with van der Waals surface area (Å²) in [5.74, 6) is 0.976. The summed E-state index contributed by atoms with van der Waals surface area (Å²) in [5, 5.41) is 39.0. The topological polar surface area (TPSA) is 133 Å². The van der Waals surface area contributed by atoms with E-state index in [0.29, 0.717) is 0 Å². The number of benzene rings is 1. The number of aromatic amines is 1. The van der Waals surface area contributed by atoms with Gasteiger partial charge in [-0.1, -0.05) is 23.5 Å². The Balaban J connectivity index is 1.62. The third-order valence-electron chi connectivity index (χ3n) is 3.35. The summed E-state index contributed by atoms with van der Waals surface area (Å²) in [4.78, 5) is 0.745. The largest absolute Gasteiger partial charge is 0.360 e. The number of H-pyrrole nitrogens is 1. The van der Waals surface area contributed by atoms with E-state index < -0.39 is 0 Å². The first-order valence-electron chi connectivity index (χ1n) is 7.14. The fourth-order valence-electron chi connectivity index (χ4n) is 2.15. The van der Waals surface area contributed by atoms with Crippen LogP contribution in [0.3, 0.4) is 0 Å². The van der Waals surface area contributed by atoms with Crippen molar-refractivity contribution in [3.63, 3.8) is 0 Å². The molecule has 0 aliphatic rings. The lowest BCUT2D eigenvalue weighted by atomic mass is 10.2. The monoisotopic (exact) mass is 350 g/mol. The molecule has 0 amide bonds. The molecular formula is C14H10N10S. The summed E-state index contributed by atoms with van der Waals surface area (Å²) >= 11 is 1.46. The minimum Gasteiger partial charge on any atom is -0.360 e. The molecule has 0 unspecified atom stereocenters. The van der Waals surface area contributed by atoms with Crippen LogP contribution in [0.25, 0.3) is 21.1 Å². The van der Waals surface area contributed by atoms with Gasteiger partial charge in [0.2, 0.25) is 10.8 Å². The van der Waals surface area contributed by atoms with Crippen molar-refractivity contribution in [3.8, 4) is 16.6 Å². The van der Waals surface area contributed by atoms with E-state index in [-0.39, 0.29) is 11.4 Å². The van der Waals surface area contributed by atoms with Crippen molar-refractivity contribution in [1.29, 1.82) is 5.26 Å². The van der Waals surface area contributed by atoms with E-state index >= 15 is 0 Å². The van der Waals surface area contributed by atoms with Gasteiger partial charge in [-0.05, 0) is 24.3 Å². The highest BCUT2D eigenvalue weighted by molar-refractivity contribution is 7.19. The first-order chi connectivity index (χ1) is 12.2. The third kappa shape index (κ3) is 2.81. The maximum absolute atomic E-state index is 9.19. The quantitative estimate of drug-likeness (QED) is 0.531. The molecule has 4 aromatic rings. The number of anilines is 1. The number of hydrogen-bond donors (Lipinski definition) is 2. The van der Waals surface area contributed by atoms with Gasteiger partial charge in [-0.3, -0.25) is 0 Å². The molecule has 2 N–H and O–H groups in total. The van der Waals surface area contributed by atoms with Crippen molar-refractivity contribution >= 4 is 27.6 Å². The fraction of sp³-hybridized carbons (Fsp3) is 0.0714. The molecule has 10 nitrogen and oxygen atoms in total. The summed E-state index contributed by atoms with van der Waals surface area (Å²) in [7, 11) is 0. The molecular weight excluding hydrogens is 340 g/mol. The fourth-order valence-corrected chi connectivity index (χ4v) is 3.03. The molecule has 0 fully saturated rings. The van der Waals surface area contributed by atoms with Gasteiger partial charge in [-0.15, -0.1) is 20.4 Å². The Bertz CT molecular complexity index is 1100. The van der Waals surface area contributed by atoms with Crippen LogP contribution in [0.1, 0.15) is 11.6 Å². The molecule has 0 aliphatic carbocycles. The summed E-state index contributed by atoms with van der Waals surface area (Å²) in [6, 6.07) is 9.71. The zero-order valence-corrected chi connectivity index (χ0v) is 13.7. The number of tetrazole rings is 1. The van der Waals surface area contributed by atoms with Gasteiger partial charge in [0.15, 0.2) is 5.82 Å². The predicted molar refractivity (Wildman–Crippen MR) is 90.2 cm³/mol. The van der Waals surface area contributed by atoms with Crippen LogP contribution < -0.4 is 5.32 Å². The SMILES string of the molecule is Cc1nnc2sc(-c3cccc(NC=C(C#N)c4nn[nH]n4)c3)nn12. The Morgan fingerprint density at radius 3 is 3.04 bits per heavy atom. The van der Waals surface area contributed by atoms with E-state index in [4.69, 9.17) is 0 Å². The number of aromatic nitrogens is 8. The second kappa shape index (κ2) is 6.10. The molecule has 25 heavy (non-hydrogen) atoms. The number of nitrogens with zero attached hydrogens (tertiary/aromatic N) is 8. The van der Waals surface area contributed by atoms with Gasteiger partial charge in [0, 0.05) is 17.5 Å². The minimum atomic E-state index is 0.232. The molecule has 0 saturated heterocycles. The number of fused-ring (bicyclic) bond motifs is 1. The van der Waals surface area contributed by atoms with Crippen molar-refractivity contribution in [2.45, 2.75) is 6.92 Å². The lowest BCUT2D eigenvalue weighted by Gasteiger charge is -2.03. The van der Waals surface area contributed by atoms with Gasteiger partial charge in [0.05, 0.1) is 0 Å². The number of aryl methyl sites for hydroxylation is 1. The highest BCUT2D eigenvalue weighted by atomic mass is 32.1. The van der Waals surface area contributed by atoms with Gasteiger partial charge >= 0.3 is 0 Å². The first kappa shape index (κ1) is 14.9. The normalized spacial score (nSPS) is 11.6. The number of rotatable bonds is 4. The Hall–Kier alpha value is -3.65. The zero-order valence-electron chi connectivity index (χ0n) is 12.9. The van der Waals surface area contributed by atoms with Crippen molar-refractivity contribution in [2.24, 2.45) is 0 Å². The molecule has 3 aromatic heterocycles. The molecule has 122 valence electrons. The molecule has 11 heteroatoms. The van der Waals surface area contributed by atoms with Crippen LogP contribution in [0.4, 0.5) is 5.69 Å². The summed E-state index contributed by atoms with van der Waals surface area (Å²) in [6.45, 7) is 1.85. The molecule has 1 aromatic carbocycles. The van der Waals surface area contributed by atoms with Gasteiger partial charge < -0.3 is 5.32 Å². The van der Waals surface area contributed by atoms with E-state index in [2.05, 4.69) is 41.2 Å². The number of nitriles is 1. The molecule has 3 heterocycles. The van der Waals surface area contributed by atoms with Gasteiger partial charge in [0.1, 0.15) is 16.6 Å². The van der Waals surface area contributed by atoms with E-state index in [1.165, 1.54) is 17.5 Å². The summed E-state index contributed by atoms with van der Waals surface area (Å²) < 4.78 is 1.71. The standard InChI is InChI=1S/C14H10N10S/c1-8-17-20-14-24(8)21-13(25-14)9-3-2-4-11(5-9)16-7-10(6-15)12-18-22-23-19-12/h2-5,7,16H,1H3,(H,18,19,22,23). The molecule has 0 bridgehead atoms. The molecule has 0 spiro atoms.